The van der Waals surface area contributed by atoms with E-state index in [9.17, 15) is 24.3 Å². The van der Waals surface area contributed by atoms with Crippen molar-refractivity contribution in [2.75, 3.05) is 7.11 Å². The molecule has 33 heavy (non-hydrogen) atoms. The Bertz CT molecular complexity index is 1170. The predicted octanol–water partition coefficient (Wildman–Crippen LogP) is 3.21. The maximum Gasteiger partial charge on any atom is 0.326 e. The van der Waals surface area contributed by atoms with Crippen molar-refractivity contribution in [2.45, 2.75) is 31.1 Å². The summed E-state index contributed by atoms with van der Waals surface area (Å²) in [7, 11) is 1.50. The number of H-pyrrole nitrogens is 1. The van der Waals surface area contributed by atoms with Gasteiger partial charge in [-0.05, 0) is 35.9 Å². The summed E-state index contributed by atoms with van der Waals surface area (Å²) in [5.74, 6) is -1.63. The highest BCUT2D eigenvalue weighted by atomic mass is 32.2. The number of rotatable bonds is 10. The van der Waals surface area contributed by atoms with Crippen LogP contribution in [0.5, 0.6) is 5.75 Å². The van der Waals surface area contributed by atoms with Gasteiger partial charge in [-0.3, -0.25) is 14.4 Å². The van der Waals surface area contributed by atoms with E-state index in [0.717, 1.165) is 28.2 Å². The fraction of sp³-hybridized carbons (Fsp3) is 0.250. The predicted molar refractivity (Wildman–Crippen MR) is 126 cm³/mol. The summed E-state index contributed by atoms with van der Waals surface area (Å²) < 4.78 is 5.08. The van der Waals surface area contributed by atoms with Gasteiger partial charge in [0.05, 0.1) is 12.4 Å². The molecule has 0 radical (unpaired) electrons. The number of aromatic amines is 1. The lowest BCUT2D eigenvalue weighted by atomic mass is 10.0. The maximum atomic E-state index is 12.9. The van der Waals surface area contributed by atoms with E-state index in [1.165, 1.54) is 14.0 Å². The number of nitrogens with one attached hydrogen (secondary N) is 2. The van der Waals surface area contributed by atoms with Gasteiger partial charge in [-0.2, -0.15) is 0 Å². The Kier molecular flexibility index (Phi) is 7.89. The number of methoxy groups -OCH3 is 1. The van der Waals surface area contributed by atoms with Crippen LogP contribution in [0.4, 0.5) is 0 Å². The molecule has 0 aliphatic carbocycles. The van der Waals surface area contributed by atoms with Crippen LogP contribution in [-0.2, 0) is 20.8 Å². The van der Waals surface area contributed by atoms with Gasteiger partial charge >= 0.3 is 5.97 Å². The SMILES string of the molecule is COc1ccc(C(=O)C(CC(=O)N[C@@H](Cc2c[nH]c3ccccc23)C(=O)O)SC(C)=O)cc1. The highest BCUT2D eigenvalue weighted by molar-refractivity contribution is 8.14. The first-order valence-corrected chi connectivity index (χ1v) is 11.1. The average molecular weight is 469 g/mol. The molecule has 3 rings (SSSR count). The molecule has 9 heteroatoms. The first-order valence-electron chi connectivity index (χ1n) is 10.2. The molecular formula is C24H24N2O6S. The molecule has 2 aromatic carbocycles. The Hall–Kier alpha value is -3.59. The van der Waals surface area contributed by atoms with E-state index in [-0.39, 0.29) is 18.0 Å². The minimum atomic E-state index is -1.19. The van der Waals surface area contributed by atoms with Gasteiger partial charge in [0, 0.05) is 42.4 Å². The highest BCUT2D eigenvalue weighted by Gasteiger charge is 2.28. The number of hydrogen-bond acceptors (Lipinski definition) is 6. The molecule has 3 N–H and O–H groups in total. The van der Waals surface area contributed by atoms with Crippen molar-refractivity contribution in [1.82, 2.24) is 10.3 Å². The second-order valence-electron chi connectivity index (χ2n) is 7.42. The summed E-state index contributed by atoms with van der Waals surface area (Å²) in [6.45, 7) is 1.31. The van der Waals surface area contributed by atoms with Crippen LogP contribution in [0.2, 0.25) is 0 Å². The van der Waals surface area contributed by atoms with Gasteiger partial charge in [0.15, 0.2) is 10.9 Å². The van der Waals surface area contributed by atoms with E-state index in [1.807, 2.05) is 24.3 Å². The number of amides is 1. The number of carboxylic acids is 1. The minimum Gasteiger partial charge on any atom is -0.497 e. The zero-order valence-electron chi connectivity index (χ0n) is 18.2. The lowest BCUT2D eigenvalue weighted by Crippen LogP contribution is -2.43. The largest absolute Gasteiger partial charge is 0.497 e. The molecule has 0 fully saturated rings. The van der Waals surface area contributed by atoms with Gasteiger partial charge < -0.3 is 20.1 Å². The van der Waals surface area contributed by atoms with E-state index in [0.29, 0.717) is 11.3 Å². The van der Waals surface area contributed by atoms with E-state index < -0.39 is 29.0 Å². The van der Waals surface area contributed by atoms with E-state index >= 15 is 0 Å². The number of carbonyl (C=O) groups excluding carboxylic acids is 3. The van der Waals surface area contributed by atoms with Crippen molar-refractivity contribution < 1.29 is 29.0 Å². The summed E-state index contributed by atoms with van der Waals surface area (Å²) >= 11 is 0.751. The third-order valence-corrected chi connectivity index (χ3v) is 6.08. The molecule has 0 bridgehead atoms. The van der Waals surface area contributed by atoms with Crippen molar-refractivity contribution in [3.8, 4) is 5.75 Å². The number of fused-ring (bicyclic) bond motifs is 1. The number of benzene rings is 2. The normalized spacial score (nSPS) is 12.7. The zero-order valence-corrected chi connectivity index (χ0v) is 19.0. The number of ether oxygens (including phenoxy) is 1. The smallest absolute Gasteiger partial charge is 0.326 e. The Morgan fingerprint density at radius 3 is 2.42 bits per heavy atom. The lowest BCUT2D eigenvalue weighted by molar-refractivity contribution is -0.141. The Morgan fingerprint density at radius 2 is 1.79 bits per heavy atom. The number of carbonyl (C=O) groups is 4. The number of ketones is 1. The van der Waals surface area contributed by atoms with Crippen LogP contribution < -0.4 is 10.1 Å². The van der Waals surface area contributed by atoms with Crippen LogP contribution in [0.3, 0.4) is 0 Å². The Morgan fingerprint density at radius 1 is 1.09 bits per heavy atom. The number of aliphatic carboxylic acids is 1. The standard InChI is InChI=1S/C24H24N2O6S/c1-14(27)33-21(23(29)15-7-9-17(32-2)10-8-15)12-22(28)26-20(24(30)31)11-16-13-25-19-6-4-3-5-18(16)19/h3-10,13,20-21,25H,11-12H2,1-2H3,(H,26,28)(H,30,31)/t20-,21?/m0/s1. The molecular weight excluding hydrogens is 444 g/mol. The number of thioether (sulfide) groups is 1. The van der Waals surface area contributed by atoms with Gasteiger partial charge in [-0.25, -0.2) is 4.79 Å². The highest BCUT2D eigenvalue weighted by Crippen LogP contribution is 2.23. The number of para-hydroxylation sites is 1. The van der Waals surface area contributed by atoms with Crippen molar-refractivity contribution >= 4 is 45.4 Å². The molecule has 3 aromatic rings. The zero-order chi connectivity index (χ0) is 24.0. The van der Waals surface area contributed by atoms with Crippen molar-refractivity contribution in [3.05, 3.63) is 65.9 Å². The minimum absolute atomic E-state index is 0.0715. The monoisotopic (exact) mass is 468 g/mol. The molecule has 172 valence electrons. The number of hydrogen-bond donors (Lipinski definition) is 3. The summed E-state index contributed by atoms with van der Waals surface area (Å²) in [6.07, 6.45) is 1.46. The summed E-state index contributed by atoms with van der Waals surface area (Å²) in [5, 5.41) is 11.7. The van der Waals surface area contributed by atoms with E-state index in [1.54, 1.807) is 30.5 Å². The molecule has 0 spiro atoms. The number of Topliss-reactive ketones (excluding diaryl/α,β-unsaturated/α-hetero) is 1. The number of aromatic nitrogens is 1. The molecule has 0 saturated carbocycles. The van der Waals surface area contributed by atoms with Crippen molar-refractivity contribution in [1.29, 1.82) is 0 Å². The molecule has 1 amide bonds. The topological polar surface area (TPSA) is 126 Å². The lowest BCUT2D eigenvalue weighted by Gasteiger charge is -2.18. The van der Waals surface area contributed by atoms with Gasteiger partial charge in [0.2, 0.25) is 5.91 Å². The summed E-state index contributed by atoms with van der Waals surface area (Å²) in [5.41, 5.74) is 1.95. The molecule has 0 aliphatic heterocycles. The third kappa shape index (κ3) is 6.23. The maximum absolute atomic E-state index is 12.9. The second-order valence-corrected chi connectivity index (χ2v) is 8.80. The Balaban J connectivity index is 1.72. The van der Waals surface area contributed by atoms with Crippen LogP contribution in [0.15, 0.2) is 54.7 Å². The van der Waals surface area contributed by atoms with E-state index in [4.69, 9.17) is 4.74 Å². The van der Waals surface area contributed by atoms with Gasteiger partial charge in [0.1, 0.15) is 11.8 Å². The quantitative estimate of drug-likeness (QED) is 0.390. The van der Waals surface area contributed by atoms with Crippen LogP contribution in [0.1, 0.15) is 29.3 Å². The van der Waals surface area contributed by atoms with Crippen LogP contribution >= 0.6 is 11.8 Å². The van der Waals surface area contributed by atoms with Gasteiger partial charge in [-0.1, -0.05) is 30.0 Å². The molecule has 0 aliphatic rings. The van der Waals surface area contributed by atoms with Crippen LogP contribution in [0, 0.1) is 0 Å². The average Bonchev–Trinajstić information content (AvgIpc) is 3.20. The van der Waals surface area contributed by atoms with Crippen LogP contribution in [-0.4, -0.2) is 51.3 Å². The first-order chi connectivity index (χ1) is 15.8. The molecule has 0 saturated heterocycles. The van der Waals surface area contributed by atoms with E-state index in [2.05, 4.69) is 10.3 Å². The third-order valence-electron chi connectivity index (χ3n) is 5.08. The molecule has 1 heterocycles. The molecule has 2 atom stereocenters. The molecule has 1 unspecified atom stereocenters. The van der Waals surface area contributed by atoms with Gasteiger partial charge in [-0.15, -0.1) is 0 Å². The fourth-order valence-corrected chi connectivity index (χ4v) is 4.35. The Labute approximate surface area is 194 Å². The fourth-order valence-electron chi connectivity index (χ4n) is 3.47. The number of carboxylic acid groups (broad SMARTS) is 1. The summed E-state index contributed by atoms with van der Waals surface area (Å²) in [6, 6.07) is 12.6. The second kappa shape index (κ2) is 10.8. The first kappa shape index (κ1) is 24.1. The molecule has 8 nitrogen and oxygen atoms in total. The van der Waals surface area contributed by atoms with Gasteiger partial charge in [0.25, 0.3) is 0 Å². The van der Waals surface area contributed by atoms with Crippen molar-refractivity contribution in [3.63, 3.8) is 0 Å². The van der Waals surface area contributed by atoms with Crippen molar-refractivity contribution in [2.24, 2.45) is 0 Å². The van der Waals surface area contributed by atoms with Crippen LogP contribution in [0.25, 0.3) is 10.9 Å². The molecule has 1 aromatic heterocycles. The summed E-state index contributed by atoms with van der Waals surface area (Å²) in [4.78, 5) is 52.2.